The number of carbonyl (C=O) groups excluding carboxylic acids is 2. The van der Waals surface area contributed by atoms with Crippen LogP contribution < -0.4 is 5.32 Å². The fraction of sp³-hybridized carbons (Fsp3) is 0.231. The van der Waals surface area contributed by atoms with Crippen molar-refractivity contribution in [2.45, 2.75) is 19.8 Å². The third-order valence-corrected chi connectivity index (χ3v) is 2.74. The first kappa shape index (κ1) is 10.6. The Labute approximate surface area is 94.2 Å². The zero-order valence-electron chi connectivity index (χ0n) is 9.33. The van der Waals surface area contributed by atoms with Crippen molar-refractivity contribution in [1.82, 2.24) is 5.32 Å². The summed E-state index contributed by atoms with van der Waals surface area (Å²) in [5.41, 5.74) is 2.09. The first-order valence-electron chi connectivity index (χ1n) is 5.19. The Bertz CT molecular complexity index is 501. The highest BCUT2D eigenvalue weighted by atomic mass is 16.2. The molecule has 2 rings (SSSR count). The second-order valence-corrected chi connectivity index (χ2v) is 4.22. The van der Waals surface area contributed by atoms with Gasteiger partial charge in [0.1, 0.15) is 0 Å². The standard InChI is InChI=1S/C13H13NO2/c1-7(2)9-4-5-10-11(6-9)12(15)8(3)14-13(10)16/h4-7H,3H2,1-2H3,(H,14,16). The SMILES string of the molecule is C=C1NC(=O)c2ccc(C(C)C)cc2C1=O. The minimum Gasteiger partial charge on any atom is -0.319 e. The van der Waals surface area contributed by atoms with E-state index >= 15 is 0 Å². The van der Waals surface area contributed by atoms with Gasteiger partial charge in [0.2, 0.25) is 5.78 Å². The fourth-order valence-corrected chi connectivity index (χ4v) is 1.73. The van der Waals surface area contributed by atoms with Gasteiger partial charge in [0, 0.05) is 5.56 Å². The van der Waals surface area contributed by atoms with E-state index in [0.29, 0.717) is 17.0 Å². The molecule has 0 radical (unpaired) electrons. The number of amides is 1. The Morgan fingerprint density at radius 3 is 2.50 bits per heavy atom. The fourth-order valence-electron chi connectivity index (χ4n) is 1.73. The van der Waals surface area contributed by atoms with E-state index in [1.165, 1.54) is 0 Å². The predicted molar refractivity (Wildman–Crippen MR) is 61.5 cm³/mol. The third kappa shape index (κ3) is 1.54. The lowest BCUT2D eigenvalue weighted by atomic mass is 9.92. The summed E-state index contributed by atoms with van der Waals surface area (Å²) in [6, 6.07) is 5.36. The van der Waals surface area contributed by atoms with Gasteiger partial charge in [-0.05, 0) is 23.6 Å². The zero-order valence-corrected chi connectivity index (χ0v) is 9.33. The lowest BCUT2D eigenvalue weighted by molar-refractivity contribution is 0.0909. The number of benzene rings is 1. The van der Waals surface area contributed by atoms with E-state index in [0.717, 1.165) is 5.56 Å². The molecule has 1 aliphatic heterocycles. The first-order valence-corrected chi connectivity index (χ1v) is 5.19. The van der Waals surface area contributed by atoms with E-state index in [-0.39, 0.29) is 17.4 Å². The van der Waals surface area contributed by atoms with Crippen molar-refractivity contribution in [2.24, 2.45) is 0 Å². The smallest absolute Gasteiger partial charge is 0.256 e. The molecule has 0 spiro atoms. The van der Waals surface area contributed by atoms with Crippen LogP contribution in [0.25, 0.3) is 0 Å². The number of allylic oxidation sites excluding steroid dienone is 1. The van der Waals surface area contributed by atoms with Gasteiger partial charge < -0.3 is 5.32 Å². The summed E-state index contributed by atoms with van der Waals surface area (Å²) in [4.78, 5) is 23.4. The number of hydrogen-bond acceptors (Lipinski definition) is 2. The van der Waals surface area contributed by atoms with E-state index in [9.17, 15) is 9.59 Å². The topological polar surface area (TPSA) is 46.2 Å². The molecule has 1 heterocycles. The molecule has 3 nitrogen and oxygen atoms in total. The molecular weight excluding hydrogens is 202 g/mol. The number of ketones is 1. The first-order chi connectivity index (χ1) is 7.50. The Morgan fingerprint density at radius 1 is 1.19 bits per heavy atom. The van der Waals surface area contributed by atoms with Crippen molar-refractivity contribution in [3.8, 4) is 0 Å². The molecule has 0 aromatic heterocycles. The number of carbonyl (C=O) groups is 2. The highest BCUT2D eigenvalue weighted by Crippen LogP contribution is 2.23. The quantitative estimate of drug-likeness (QED) is 0.730. The van der Waals surface area contributed by atoms with Crippen LogP contribution in [0.3, 0.4) is 0 Å². The minimum absolute atomic E-state index is 0.151. The number of nitrogens with one attached hydrogen (secondary N) is 1. The third-order valence-electron chi connectivity index (χ3n) is 2.74. The zero-order chi connectivity index (χ0) is 11.9. The molecule has 1 aromatic carbocycles. The van der Waals surface area contributed by atoms with Crippen molar-refractivity contribution in [1.29, 1.82) is 0 Å². The highest BCUT2D eigenvalue weighted by molar-refractivity contribution is 6.20. The van der Waals surface area contributed by atoms with Crippen LogP contribution in [-0.4, -0.2) is 11.7 Å². The number of rotatable bonds is 1. The van der Waals surface area contributed by atoms with Crippen molar-refractivity contribution < 1.29 is 9.59 Å². The van der Waals surface area contributed by atoms with Gasteiger partial charge in [-0.15, -0.1) is 0 Å². The van der Waals surface area contributed by atoms with E-state index in [4.69, 9.17) is 0 Å². The average Bonchev–Trinajstić information content (AvgIpc) is 2.25. The molecule has 1 N–H and O–H groups in total. The van der Waals surface area contributed by atoms with E-state index < -0.39 is 0 Å². The lowest BCUT2D eigenvalue weighted by Crippen LogP contribution is -2.34. The molecule has 1 amide bonds. The van der Waals surface area contributed by atoms with Gasteiger partial charge in [0.15, 0.2) is 0 Å². The maximum atomic E-state index is 11.8. The Hall–Kier alpha value is -1.90. The van der Waals surface area contributed by atoms with Crippen LogP contribution in [0, 0.1) is 0 Å². The van der Waals surface area contributed by atoms with Crippen molar-refractivity contribution in [3.63, 3.8) is 0 Å². The van der Waals surface area contributed by atoms with Gasteiger partial charge >= 0.3 is 0 Å². The second kappa shape index (κ2) is 3.59. The molecule has 0 saturated carbocycles. The molecule has 1 aromatic rings. The van der Waals surface area contributed by atoms with Gasteiger partial charge in [-0.3, -0.25) is 9.59 Å². The number of fused-ring (bicyclic) bond motifs is 1. The van der Waals surface area contributed by atoms with Crippen LogP contribution in [-0.2, 0) is 0 Å². The molecule has 16 heavy (non-hydrogen) atoms. The Balaban J connectivity index is 2.60. The minimum atomic E-state index is -0.255. The van der Waals surface area contributed by atoms with Gasteiger partial charge in [-0.25, -0.2) is 0 Å². The Kier molecular flexibility index (Phi) is 2.38. The molecule has 3 heteroatoms. The van der Waals surface area contributed by atoms with Gasteiger partial charge in [0.05, 0.1) is 11.3 Å². The molecule has 0 saturated heterocycles. The van der Waals surface area contributed by atoms with Crippen LogP contribution in [0.15, 0.2) is 30.5 Å². The number of hydrogen-bond donors (Lipinski definition) is 1. The summed E-state index contributed by atoms with van der Waals surface area (Å²) in [5, 5.41) is 2.45. The number of Topliss-reactive ketones (excluding diaryl/α,β-unsaturated/α-hetero) is 1. The van der Waals surface area contributed by atoms with E-state index in [1.807, 2.05) is 19.9 Å². The molecule has 0 atom stereocenters. The molecule has 0 unspecified atom stereocenters. The predicted octanol–water partition coefficient (Wildman–Crippen LogP) is 2.25. The van der Waals surface area contributed by atoms with Crippen LogP contribution >= 0.6 is 0 Å². The van der Waals surface area contributed by atoms with Gasteiger partial charge in [-0.2, -0.15) is 0 Å². The maximum absolute atomic E-state index is 11.8. The monoisotopic (exact) mass is 215 g/mol. The van der Waals surface area contributed by atoms with Crippen LogP contribution in [0.4, 0.5) is 0 Å². The van der Waals surface area contributed by atoms with Crippen molar-refractivity contribution >= 4 is 11.7 Å². The van der Waals surface area contributed by atoms with Crippen LogP contribution in [0.5, 0.6) is 0 Å². The van der Waals surface area contributed by atoms with Gasteiger partial charge in [-0.1, -0.05) is 26.5 Å². The second-order valence-electron chi connectivity index (χ2n) is 4.22. The summed E-state index contributed by atoms with van der Waals surface area (Å²) in [7, 11) is 0. The summed E-state index contributed by atoms with van der Waals surface area (Å²) in [6.45, 7) is 7.63. The average molecular weight is 215 g/mol. The van der Waals surface area contributed by atoms with Crippen molar-refractivity contribution in [3.05, 3.63) is 47.2 Å². The molecule has 0 aliphatic carbocycles. The van der Waals surface area contributed by atoms with Crippen molar-refractivity contribution in [2.75, 3.05) is 0 Å². The van der Waals surface area contributed by atoms with E-state index in [1.54, 1.807) is 12.1 Å². The summed E-state index contributed by atoms with van der Waals surface area (Å²) in [5.74, 6) is -0.122. The van der Waals surface area contributed by atoms with Crippen LogP contribution in [0.1, 0.15) is 46.0 Å². The maximum Gasteiger partial charge on any atom is 0.256 e. The highest BCUT2D eigenvalue weighted by Gasteiger charge is 2.26. The Morgan fingerprint density at radius 2 is 1.88 bits per heavy atom. The summed E-state index contributed by atoms with van der Waals surface area (Å²) in [6.07, 6.45) is 0. The lowest BCUT2D eigenvalue weighted by Gasteiger charge is -2.18. The largest absolute Gasteiger partial charge is 0.319 e. The molecule has 0 bridgehead atoms. The van der Waals surface area contributed by atoms with Crippen LogP contribution in [0.2, 0.25) is 0 Å². The van der Waals surface area contributed by atoms with Gasteiger partial charge in [0.25, 0.3) is 5.91 Å². The normalized spacial score (nSPS) is 15.1. The van der Waals surface area contributed by atoms with E-state index in [2.05, 4.69) is 11.9 Å². The summed E-state index contributed by atoms with van der Waals surface area (Å²) >= 11 is 0. The molecular formula is C13H13NO2. The summed E-state index contributed by atoms with van der Waals surface area (Å²) < 4.78 is 0. The molecule has 1 aliphatic rings. The molecule has 0 fully saturated rings. The molecule has 82 valence electrons.